The summed E-state index contributed by atoms with van der Waals surface area (Å²) in [5.41, 5.74) is 1.37. The highest BCUT2D eigenvalue weighted by Gasteiger charge is 2.51. The molecule has 0 saturated carbocycles. The normalized spacial score (nSPS) is 24.0. The van der Waals surface area contributed by atoms with Gasteiger partial charge in [-0.2, -0.15) is 0 Å². The number of amides is 1. The van der Waals surface area contributed by atoms with Crippen molar-refractivity contribution < 1.29 is 14.6 Å². The van der Waals surface area contributed by atoms with Gasteiger partial charge in [0, 0.05) is 30.6 Å². The Labute approximate surface area is 221 Å². The first-order chi connectivity index (χ1) is 16.5. The molecule has 4 atom stereocenters. The molecule has 35 heavy (non-hydrogen) atoms. The SMILES string of the molecule is CC[C@@H](CO)N1C(=O)[C@](C)(COCC[Si](C)(C)C)C[C@H](c2cccc(Cl)c2)[C@H]1c1ccc(Cl)cc1. The number of ether oxygens (including phenoxy) is 1. The summed E-state index contributed by atoms with van der Waals surface area (Å²) in [6.45, 7) is 11.9. The quantitative estimate of drug-likeness (QED) is 0.258. The first kappa shape index (κ1) is 28.2. The van der Waals surface area contributed by atoms with E-state index >= 15 is 0 Å². The van der Waals surface area contributed by atoms with Crippen molar-refractivity contribution in [2.75, 3.05) is 19.8 Å². The number of hydrogen-bond acceptors (Lipinski definition) is 3. The van der Waals surface area contributed by atoms with Crippen LogP contribution >= 0.6 is 23.2 Å². The molecule has 4 nitrogen and oxygen atoms in total. The number of hydrogen-bond donors (Lipinski definition) is 1. The zero-order valence-corrected chi connectivity index (χ0v) is 24.1. The molecule has 1 heterocycles. The number of carbonyl (C=O) groups is 1. The van der Waals surface area contributed by atoms with Gasteiger partial charge < -0.3 is 14.7 Å². The highest BCUT2D eigenvalue weighted by atomic mass is 35.5. The lowest BCUT2D eigenvalue weighted by molar-refractivity contribution is -0.160. The smallest absolute Gasteiger partial charge is 0.231 e. The van der Waals surface area contributed by atoms with Crippen molar-refractivity contribution in [1.29, 1.82) is 0 Å². The molecule has 0 aromatic heterocycles. The second-order valence-electron chi connectivity index (χ2n) is 11.2. The van der Waals surface area contributed by atoms with Crippen molar-refractivity contribution in [2.24, 2.45) is 5.41 Å². The Hall–Kier alpha value is -1.37. The van der Waals surface area contributed by atoms with E-state index in [4.69, 9.17) is 27.9 Å². The van der Waals surface area contributed by atoms with Crippen molar-refractivity contribution in [3.8, 4) is 0 Å². The monoisotopic (exact) mass is 535 g/mol. The second-order valence-corrected chi connectivity index (χ2v) is 17.7. The molecule has 1 N–H and O–H groups in total. The third kappa shape index (κ3) is 6.89. The van der Waals surface area contributed by atoms with Gasteiger partial charge in [0.05, 0.1) is 30.7 Å². The molecule has 2 aromatic rings. The van der Waals surface area contributed by atoms with Crippen molar-refractivity contribution in [3.05, 3.63) is 69.7 Å². The average molecular weight is 537 g/mol. The van der Waals surface area contributed by atoms with Crippen LogP contribution in [0.5, 0.6) is 0 Å². The van der Waals surface area contributed by atoms with Crippen LogP contribution in [0.3, 0.4) is 0 Å². The Morgan fingerprint density at radius 2 is 1.80 bits per heavy atom. The number of aliphatic hydroxyl groups is 1. The first-order valence-corrected chi connectivity index (χ1v) is 17.0. The lowest BCUT2D eigenvalue weighted by atomic mass is 9.68. The van der Waals surface area contributed by atoms with Gasteiger partial charge in [0.25, 0.3) is 0 Å². The molecule has 0 radical (unpaired) electrons. The Morgan fingerprint density at radius 3 is 2.37 bits per heavy atom. The van der Waals surface area contributed by atoms with Crippen LogP contribution in [-0.2, 0) is 9.53 Å². The highest BCUT2D eigenvalue weighted by Crippen LogP contribution is 2.51. The summed E-state index contributed by atoms with van der Waals surface area (Å²) < 4.78 is 6.16. The summed E-state index contributed by atoms with van der Waals surface area (Å²) in [5.74, 6) is 0.0170. The summed E-state index contributed by atoms with van der Waals surface area (Å²) >= 11 is 12.6. The van der Waals surface area contributed by atoms with E-state index < -0.39 is 13.5 Å². The Balaban J connectivity index is 2.06. The lowest BCUT2D eigenvalue weighted by Gasteiger charge is -2.51. The highest BCUT2D eigenvalue weighted by molar-refractivity contribution is 6.76. The van der Waals surface area contributed by atoms with E-state index in [1.165, 1.54) is 0 Å². The molecule has 1 amide bonds. The standard InChI is InChI=1S/C28H39Cl2NO3Si/c1-6-24(18-32)31-26(20-10-12-22(29)13-11-20)25(21-8-7-9-23(30)16-21)17-28(2,27(31)33)19-34-14-15-35(3,4)5/h7-13,16,24-26,32H,6,14-15,17-19H2,1-5H3/t24-,25+,26+,28-/m0/s1. The van der Waals surface area contributed by atoms with Crippen LogP contribution in [-0.4, -0.2) is 49.8 Å². The number of nitrogens with zero attached hydrogens (tertiary/aromatic N) is 1. The maximum Gasteiger partial charge on any atom is 0.231 e. The van der Waals surface area contributed by atoms with E-state index in [1.807, 2.05) is 61.2 Å². The predicted molar refractivity (Wildman–Crippen MR) is 148 cm³/mol. The summed E-state index contributed by atoms with van der Waals surface area (Å²) in [4.78, 5) is 16.1. The van der Waals surface area contributed by atoms with Gasteiger partial charge >= 0.3 is 0 Å². The molecule has 2 aromatic carbocycles. The van der Waals surface area contributed by atoms with Crippen molar-refractivity contribution >= 4 is 37.2 Å². The Kier molecular flexibility index (Phi) is 9.49. The molecule has 1 aliphatic heterocycles. The maximum absolute atomic E-state index is 14.2. The Morgan fingerprint density at radius 1 is 1.11 bits per heavy atom. The van der Waals surface area contributed by atoms with Gasteiger partial charge in [-0.15, -0.1) is 0 Å². The Bertz CT molecular complexity index is 990. The van der Waals surface area contributed by atoms with Crippen LogP contribution in [0.2, 0.25) is 35.7 Å². The fourth-order valence-corrected chi connectivity index (χ4v) is 6.09. The number of piperidine rings is 1. The van der Waals surface area contributed by atoms with Crippen molar-refractivity contribution in [1.82, 2.24) is 4.90 Å². The van der Waals surface area contributed by atoms with Gasteiger partial charge in [-0.25, -0.2) is 0 Å². The number of likely N-dealkylation sites (tertiary alicyclic amines) is 1. The van der Waals surface area contributed by atoms with E-state index in [0.717, 1.165) is 17.2 Å². The van der Waals surface area contributed by atoms with E-state index in [9.17, 15) is 9.90 Å². The molecule has 1 fully saturated rings. The average Bonchev–Trinajstić information content (AvgIpc) is 2.80. The molecule has 0 spiro atoms. The van der Waals surface area contributed by atoms with E-state index in [1.54, 1.807) is 0 Å². The number of carbonyl (C=O) groups excluding carboxylic acids is 1. The minimum Gasteiger partial charge on any atom is -0.394 e. The molecule has 0 aliphatic carbocycles. The third-order valence-corrected chi connectivity index (χ3v) is 9.27. The summed E-state index contributed by atoms with van der Waals surface area (Å²) in [7, 11) is -1.24. The zero-order valence-electron chi connectivity index (χ0n) is 21.6. The first-order valence-electron chi connectivity index (χ1n) is 12.5. The summed E-state index contributed by atoms with van der Waals surface area (Å²) in [5, 5.41) is 11.6. The van der Waals surface area contributed by atoms with Crippen LogP contribution in [0.1, 0.15) is 49.8 Å². The number of aliphatic hydroxyl groups excluding tert-OH is 1. The van der Waals surface area contributed by atoms with Crippen LogP contribution in [0.25, 0.3) is 0 Å². The number of halogens is 2. The van der Waals surface area contributed by atoms with Gasteiger partial charge in [-0.3, -0.25) is 4.79 Å². The van der Waals surface area contributed by atoms with E-state index in [0.29, 0.717) is 36.1 Å². The molecular weight excluding hydrogens is 497 g/mol. The minimum atomic E-state index is -1.24. The predicted octanol–water partition coefficient (Wildman–Crippen LogP) is 7.18. The second kappa shape index (κ2) is 11.8. The van der Waals surface area contributed by atoms with Gasteiger partial charge in [0.1, 0.15) is 0 Å². The maximum atomic E-state index is 14.2. The lowest BCUT2D eigenvalue weighted by Crippen LogP contribution is -2.57. The van der Waals surface area contributed by atoms with Gasteiger partial charge in [0.15, 0.2) is 0 Å². The topological polar surface area (TPSA) is 49.8 Å². The van der Waals surface area contributed by atoms with E-state index in [2.05, 4.69) is 25.7 Å². The van der Waals surface area contributed by atoms with E-state index in [-0.39, 0.29) is 30.5 Å². The zero-order chi connectivity index (χ0) is 25.8. The van der Waals surface area contributed by atoms with Gasteiger partial charge in [0.2, 0.25) is 5.91 Å². The fourth-order valence-electron chi connectivity index (χ4n) is 5.01. The molecule has 192 valence electrons. The third-order valence-electron chi connectivity index (χ3n) is 7.08. The van der Waals surface area contributed by atoms with Crippen LogP contribution < -0.4 is 0 Å². The molecule has 0 unspecified atom stereocenters. The van der Waals surface area contributed by atoms with Gasteiger partial charge in [-0.05, 0) is 61.2 Å². The van der Waals surface area contributed by atoms with Gasteiger partial charge in [-0.1, -0.05) is 74.0 Å². The van der Waals surface area contributed by atoms with Crippen molar-refractivity contribution in [2.45, 2.75) is 70.4 Å². The number of benzene rings is 2. The molecule has 1 saturated heterocycles. The fraction of sp³-hybridized carbons (Fsp3) is 0.536. The van der Waals surface area contributed by atoms with Crippen LogP contribution in [0.15, 0.2) is 48.5 Å². The molecule has 7 heteroatoms. The largest absolute Gasteiger partial charge is 0.394 e. The van der Waals surface area contributed by atoms with Crippen LogP contribution in [0.4, 0.5) is 0 Å². The summed E-state index contributed by atoms with van der Waals surface area (Å²) in [6.07, 6.45) is 1.28. The van der Waals surface area contributed by atoms with Crippen LogP contribution in [0, 0.1) is 5.41 Å². The van der Waals surface area contributed by atoms with Crippen molar-refractivity contribution in [3.63, 3.8) is 0 Å². The molecule has 0 bridgehead atoms. The number of rotatable bonds is 10. The molecular formula is C28H39Cl2NO3Si. The molecule has 3 rings (SSSR count). The summed E-state index contributed by atoms with van der Waals surface area (Å²) in [6, 6.07) is 16.1. The minimum absolute atomic E-state index is 0.0150. The molecule has 1 aliphatic rings.